The highest BCUT2D eigenvalue weighted by Gasteiger charge is 2.22. The minimum Gasteiger partial charge on any atom is -0.135 e. The van der Waals surface area contributed by atoms with Crippen LogP contribution in [0.1, 0.15) is 0 Å². The first-order valence-electron chi connectivity index (χ1n) is 25.9. The highest BCUT2D eigenvalue weighted by atomic mass is 32.1. The van der Waals surface area contributed by atoms with Crippen molar-refractivity contribution in [3.8, 4) is 77.9 Å². The highest BCUT2D eigenvalue weighted by Crippen LogP contribution is 2.50. The van der Waals surface area contributed by atoms with Gasteiger partial charge < -0.3 is 0 Å². The Balaban J connectivity index is 0.887. The molecule has 0 saturated carbocycles. The molecule has 0 atom stereocenters. The van der Waals surface area contributed by atoms with Gasteiger partial charge in [-0.15, -0.1) is 11.3 Å². The summed E-state index contributed by atoms with van der Waals surface area (Å²) in [4.78, 5) is 0. The molecule has 0 nitrogen and oxygen atoms in total. The van der Waals surface area contributed by atoms with Gasteiger partial charge >= 0.3 is 0 Å². The Kier molecular flexibility index (Phi) is 10.2. The Morgan fingerprint density at radius 3 is 1.23 bits per heavy atom. The molecule has 0 aliphatic carbocycles. The quantitative estimate of drug-likeness (QED) is 0.140. The van der Waals surface area contributed by atoms with Gasteiger partial charge in [0, 0.05) is 25.7 Å². The van der Waals surface area contributed by atoms with Crippen molar-refractivity contribution in [2.75, 3.05) is 0 Å². The van der Waals surface area contributed by atoms with Crippen LogP contribution in [0.15, 0.2) is 279 Å². The van der Waals surface area contributed by atoms with E-state index in [0.717, 1.165) is 0 Å². The summed E-state index contributed by atoms with van der Waals surface area (Å²) < 4.78 is 2.59. The van der Waals surface area contributed by atoms with Gasteiger partial charge in [0.05, 0.1) is 0 Å². The van der Waals surface area contributed by atoms with E-state index in [2.05, 4.69) is 279 Å². The molecule has 1 heterocycles. The molecular formula is C74H46S. The molecule has 0 spiro atoms. The third-order valence-electron chi connectivity index (χ3n) is 15.6. The minimum atomic E-state index is 1.20. The van der Waals surface area contributed by atoms with E-state index in [9.17, 15) is 0 Å². The van der Waals surface area contributed by atoms with Crippen molar-refractivity contribution >= 4 is 85.4 Å². The van der Waals surface area contributed by atoms with E-state index in [1.807, 2.05) is 11.3 Å². The zero-order chi connectivity index (χ0) is 49.4. The maximum Gasteiger partial charge on any atom is 0.0434 e. The lowest BCUT2D eigenvalue weighted by molar-refractivity contribution is 1.61. The van der Waals surface area contributed by atoms with Crippen LogP contribution in [0, 0.1) is 0 Å². The van der Waals surface area contributed by atoms with E-state index < -0.39 is 0 Å². The molecule has 75 heavy (non-hydrogen) atoms. The average Bonchev–Trinajstić information content (AvgIpc) is 3.86. The maximum absolute atomic E-state index is 2.46. The Morgan fingerprint density at radius 2 is 0.613 bits per heavy atom. The van der Waals surface area contributed by atoms with Crippen LogP contribution in [0.3, 0.4) is 0 Å². The van der Waals surface area contributed by atoms with Crippen molar-refractivity contribution in [1.29, 1.82) is 0 Å². The fourth-order valence-electron chi connectivity index (χ4n) is 12.4. The van der Waals surface area contributed by atoms with Crippen LogP contribution in [0.25, 0.3) is 152 Å². The molecule has 0 fully saturated rings. The largest absolute Gasteiger partial charge is 0.135 e. The van der Waals surface area contributed by atoms with E-state index in [1.165, 1.54) is 152 Å². The fourth-order valence-corrected chi connectivity index (χ4v) is 13.6. The fraction of sp³-hybridized carbons (Fsp3) is 0. The summed E-state index contributed by atoms with van der Waals surface area (Å²) in [5.41, 5.74) is 17.4. The van der Waals surface area contributed by atoms with Crippen molar-refractivity contribution in [3.05, 3.63) is 279 Å². The van der Waals surface area contributed by atoms with Crippen molar-refractivity contribution in [3.63, 3.8) is 0 Å². The van der Waals surface area contributed by atoms with Crippen LogP contribution in [-0.2, 0) is 0 Å². The second-order valence-corrected chi connectivity index (χ2v) is 20.8. The topological polar surface area (TPSA) is 0 Å². The smallest absolute Gasteiger partial charge is 0.0434 e. The highest BCUT2D eigenvalue weighted by molar-refractivity contribution is 7.26. The van der Waals surface area contributed by atoms with Gasteiger partial charge in [0.1, 0.15) is 0 Å². The van der Waals surface area contributed by atoms with Crippen LogP contribution in [0.2, 0.25) is 0 Å². The Labute approximate surface area is 439 Å². The lowest BCUT2D eigenvalue weighted by atomic mass is 9.83. The van der Waals surface area contributed by atoms with Crippen molar-refractivity contribution < 1.29 is 0 Å². The van der Waals surface area contributed by atoms with Crippen LogP contribution in [0.5, 0.6) is 0 Å². The zero-order valence-corrected chi connectivity index (χ0v) is 41.8. The third-order valence-corrected chi connectivity index (χ3v) is 16.8. The normalized spacial score (nSPS) is 11.7. The monoisotopic (exact) mass is 966 g/mol. The summed E-state index contributed by atoms with van der Waals surface area (Å²) in [5, 5.41) is 15.1. The van der Waals surface area contributed by atoms with Gasteiger partial charge in [-0.05, 0) is 157 Å². The molecule has 0 saturated heterocycles. The van der Waals surface area contributed by atoms with Crippen LogP contribution in [0.4, 0.5) is 0 Å². The maximum atomic E-state index is 2.46. The Bertz CT molecular complexity index is 4640. The predicted octanol–water partition coefficient (Wildman–Crippen LogP) is 21.5. The number of rotatable bonds is 7. The molecule has 0 bridgehead atoms. The molecule has 0 aliphatic heterocycles. The molecule has 15 rings (SSSR count). The Hall–Kier alpha value is -9.40. The standard InChI is InChI=1S/C74H46S/c1-3-21-47(22-4-1)54-28-9-10-30-56(54)73-63-37-17-15-35-61(63)72(62-36-16-18-38-64(62)73)52-41-42-69-68(45-52)66-40-20-39-65(74(66)75-69)67-46-53(44-50-25-7-8-29-55(50)67)49-26-19-27-51(43-49)71-59-33-13-11-31-57(59)70(48-23-5-2-6-24-48)58-32-12-14-34-60(58)71/h1-46H. The summed E-state index contributed by atoms with van der Waals surface area (Å²) in [6.45, 7) is 0. The molecule has 0 N–H and O–H groups in total. The number of hydrogen-bond acceptors (Lipinski definition) is 1. The molecule has 0 aliphatic rings. The van der Waals surface area contributed by atoms with Crippen LogP contribution >= 0.6 is 11.3 Å². The first-order chi connectivity index (χ1) is 37.2. The minimum absolute atomic E-state index is 1.20. The van der Waals surface area contributed by atoms with Crippen LogP contribution < -0.4 is 0 Å². The second kappa shape index (κ2) is 17.7. The van der Waals surface area contributed by atoms with Gasteiger partial charge in [-0.3, -0.25) is 0 Å². The van der Waals surface area contributed by atoms with Crippen molar-refractivity contribution in [2.45, 2.75) is 0 Å². The SMILES string of the molecule is c1ccc(-c2ccccc2-c2c3ccccc3c(-c3ccc4sc5c(-c6cc(-c7cccc(-c8c9ccccc9c(-c9ccccc9)c9ccccc89)c7)cc7ccccc67)cccc5c4c3)c3ccccc23)cc1. The second-order valence-electron chi connectivity index (χ2n) is 19.8. The van der Waals surface area contributed by atoms with E-state index in [4.69, 9.17) is 0 Å². The molecule has 1 heteroatoms. The molecule has 15 aromatic rings. The van der Waals surface area contributed by atoms with Crippen molar-refractivity contribution in [1.82, 2.24) is 0 Å². The first kappa shape index (κ1) is 43.2. The summed E-state index contributed by atoms with van der Waals surface area (Å²) in [7, 11) is 0. The van der Waals surface area contributed by atoms with Gasteiger partial charge in [-0.25, -0.2) is 0 Å². The molecule has 0 amide bonds. The zero-order valence-electron chi connectivity index (χ0n) is 41.0. The lowest BCUT2D eigenvalue weighted by Gasteiger charge is -2.19. The lowest BCUT2D eigenvalue weighted by Crippen LogP contribution is -1.92. The summed E-state index contributed by atoms with van der Waals surface area (Å²) in [6, 6.07) is 104. The summed E-state index contributed by atoms with van der Waals surface area (Å²) in [6.07, 6.45) is 0. The number of benzene rings is 14. The van der Waals surface area contributed by atoms with Gasteiger partial charge in [-0.2, -0.15) is 0 Å². The molecule has 1 aromatic heterocycles. The number of hydrogen-bond donors (Lipinski definition) is 0. The molecular weight excluding hydrogens is 921 g/mol. The van der Waals surface area contributed by atoms with E-state index >= 15 is 0 Å². The molecule has 0 unspecified atom stereocenters. The molecule has 0 radical (unpaired) electrons. The van der Waals surface area contributed by atoms with Crippen molar-refractivity contribution in [2.24, 2.45) is 0 Å². The Morgan fingerprint density at radius 1 is 0.187 bits per heavy atom. The van der Waals surface area contributed by atoms with Gasteiger partial charge in [-0.1, -0.05) is 249 Å². The van der Waals surface area contributed by atoms with E-state index in [-0.39, 0.29) is 0 Å². The number of thiophene rings is 1. The third kappa shape index (κ3) is 7.04. The van der Waals surface area contributed by atoms with Gasteiger partial charge in [0.25, 0.3) is 0 Å². The molecule has 348 valence electrons. The van der Waals surface area contributed by atoms with Gasteiger partial charge in [0.2, 0.25) is 0 Å². The summed E-state index contributed by atoms with van der Waals surface area (Å²) >= 11 is 1.91. The number of fused-ring (bicyclic) bond motifs is 8. The first-order valence-corrected chi connectivity index (χ1v) is 26.7. The van der Waals surface area contributed by atoms with Crippen LogP contribution in [-0.4, -0.2) is 0 Å². The van der Waals surface area contributed by atoms with E-state index in [0.29, 0.717) is 0 Å². The van der Waals surface area contributed by atoms with Gasteiger partial charge in [0.15, 0.2) is 0 Å². The predicted molar refractivity (Wildman–Crippen MR) is 325 cm³/mol. The summed E-state index contributed by atoms with van der Waals surface area (Å²) in [5.74, 6) is 0. The van der Waals surface area contributed by atoms with E-state index in [1.54, 1.807) is 0 Å². The molecule has 14 aromatic carbocycles. The average molecular weight is 967 g/mol.